The molecule has 0 radical (unpaired) electrons. The quantitative estimate of drug-likeness (QED) is 0.557. The topological polar surface area (TPSA) is 18.5 Å². The van der Waals surface area contributed by atoms with Gasteiger partial charge in [0, 0.05) is 30.0 Å². The predicted octanol–water partition coefficient (Wildman–Crippen LogP) is 3.05. The van der Waals surface area contributed by atoms with Crippen LogP contribution < -0.4 is 9.47 Å². The van der Waals surface area contributed by atoms with Crippen molar-refractivity contribution in [1.82, 2.24) is 0 Å². The summed E-state index contributed by atoms with van der Waals surface area (Å²) in [5.41, 5.74) is 0.742. The molecular weight excluding hydrogens is 235 g/mol. The van der Waals surface area contributed by atoms with Crippen molar-refractivity contribution >= 4 is 23.2 Å². The molecule has 0 spiro atoms. The monoisotopic (exact) mass is 242 g/mol. The van der Waals surface area contributed by atoms with Crippen molar-refractivity contribution in [2.75, 3.05) is 12.7 Å². The van der Waals surface area contributed by atoms with Gasteiger partial charge in [0.25, 0.3) is 0 Å². The average molecular weight is 243 g/mol. The molecule has 1 aromatic carbocycles. The summed E-state index contributed by atoms with van der Waals surface area (Å²) < 4.78 is 10.4. The Morgan fingerprint density at radius 1 is 1.27 bits per heavy atom. The van der Waals surface area contributed by atoms with Crippen LogP contribution in [0.15, 0.2) is 12.1 Å². The second-order valence-corrected chi connectivity index (χ2v) is 3.71. The maximum Gasteiger partial charge on any atom is 0.231 e. The van der Waals surface area contributed by atoms with E-state index in [2.05, 4.69) is 11.8 Å². The number of alkyl halides is 1. The van der Waals surface area contributed by atoms with Gasteiger partial charge < -0.3 is 9.47 Å². The Labute approximate surface area is 98.1 Å². The summed E-state index contributed by atoms with van der Waals surface area (Å²) in [5.74, 6) is 7.74. The minimum atomic E-state index is 0.240. The Balaban J connectivity index is 2.30. The molecule has 1 heterocycles. The van der Waals surface area contributed by atoms with E-state index >= 15 is 0 Å². The molecule has 0 saturated heterocycles. The van der Waals surface area contributed by atoms with E-state index in [1.807, 2.05) is 0 Å². The van der Waals surface area contributed by atoms with Crippen LogP contribution >= 0.6 is 23.2 Å². The van der Waals surface area contributed by atoms with Crippen LogP contribution in [-0.4, -0.2) is 12.7 Å². The maximum absolute atomic E-state index is 6.02. The zero-order valence-corrected chi connectivity index (χ0v) is 9.36. The van der Waals surface area contributed by atoms with Gasteiger partial charge in [-0.15, -0.1) is 11.6 Å². The van der Waals surface area contributed by atoms with E-state index in [-0.39, 0.29) is 6.79 Å². The molecule has 0 aromatic heterocycles. The van der Waals surface area contributed by atoms with E-state index in [4.69, 9.17) is 32.7 Å². The number of benzene rings is 1. The molecule has 1 aliphatic heterocycles. The van der Waals surface area contributed by atoms with Crippen molar-refractivity contribution in [3.05, 3.63) is 22.7 Å². The summed E-state index contributed by atoms with van der Waals surface area (Å²) in [5, 5.41) is 0.571. The van der Waals surface area contributed by atoms with Gasteiger partial charge >= 0.3 is 0 Å². The summed E-state index contributed by atoms with van der Waals surface area (Å²) in [4.78, 5) is 0. The lowest BCUT2D eigenvalue weighted by molar-refractivity contribution is 0.174. The van der Waals surface area contributed by atoms with E-state index in [1.165, 1.54) is 0 Å². The molecule has 4 heteroatoms. The van der Waals surface area contributed by atoms with E-state index in [0.717, 1.165) is 5.56 Å². The standard InChI is InChI=1S/C11H8Cl2O2/c12-4-2-1-3-8-5-10-11(6-9(8)13)15-7-14-10/h5-6H,2,4,7H2. The first-order valence-electron chi connectivity index (χ1n) is 4.45. The third kappa shape index (κ3) is 2.31. The van der Waals surface area contributed by atoms with Gasteiger partial charge in [0.05, 0.1) is 5.02 Å². The lowest BCUT2D eigenvalue weighted by Gasteiger charge is -1.99. The molecule has 2 nitrogen and oxygen atoms in total. The van der Waals surface area contributed by atoms with Gasteiger partial charge in [0.15, 0.2) is 11.5 Å². The molecule has 0 fully saturated rings. The van der Waals surface area contributed by atoms with Gasteiger partial charge in [0.2, 0.25) is 6.79 Å². The second kappa shape index (κ2) is 4.65. The zero-order chi connectivity index (χ0) is 10.7. The Hall–Kier alpha value is -1.04. The SMILES string of the molecule is ClCCC#Cc1cc2c(cc1Cl)OCO2. The maximum atomic E-state index is 6.02. The van der Waals surface area contributed by atoms with Gasteiger partial charge in [-0.05, 0) is 0 Å². The number of hydrogen-bond donors (Lipinski definition) is 0. The first-order chi connectivity index (χ1) is 7.31. The van der Waals surface area contributed by atoms with Crippen LogP contribution in [0.4, 0.5) is 0 Å². The van der Waals surface area contributed by atoms with Crippen LogP contribution in [0, 0.1) is 11.8 Å². The number of hydrogen-bond acceptors (Lipinski definition) is 2. The summed E-state index contributed by atoms with van der Waals surface area (Å²) in [6, 6.07) is 3.50. The van der Waals surface area contributed by atoms with Crippen molar-refractivity contribution in [2.24, 2.45) is 0 Å². The molecule has 78 valence electrons. The highest BCUT2D eigenvalue weighted by Gasteiger charge is 2.15. The Bertz CT molecular complexity index is 432. The van der Waals surface area contributed by atoms with Gasteiger partial charge in [-0.3, -0.25) is 0 Å². The highest BCUT2D eigenvalue weighted by molar-refractivity contribution is 6.32. The Kier molecular flexibility index (Phi) is 3.25. The van der Waals surface area contributed by atoms with Crippen molar-refractivity contribution in [1.29, 1.82) is 0 Å². The minimum absolute atomic E-state index is 0.240. The van der Waals surface area contributed by atoms with Crippen LogP contribution in [0.2, 0.25) is 5.02 Å². The number of halogens is 2. The fraction of sp³-hybridized carbons (Fsp3) is 0.273. The van der Waals surface area contributed by atoms with Crippen LogP contribution in [0.3, 0.4) is 0 Å². The zero-order valence-electron chi connectivity index (χ0n) is 7.85. The van der Waals surface area contributed by atoms with Crippen LogP contribution in [0.5, 0.6) is 11.5 Å². The highest BCUT2D eigenvalue weighted by atomic mass is 35.5. The smallest absolute Gasteiger partial charge is 0.231 e. The lowest BCUT2D eigenvalue weighted by atomic mass is 10.2. The second-order valence-electron chi connectivity index (χ2n) is 2.93. The molecule has 1 aromatic rings. The summed E-state index contributed by atoms with van der Waals surface area (Å²) in [6.45, 7) is 0.240. The molecule has 0 saturated carbocycles. The molecule has 2 rings (SSSR count). The van der Waals surface area contributed by atoms with Gasteiger partial charge in [0.1, 0.15) is 0 Å². The molecule has 15 heavy (non-hydrogen) atoms. The molecule has 0 amide bonds. The molecular formula is C11H8Cl2O2. The average Bonchev–Trinajstić information content (AvgIpc) is 2.65. The van der Waals surface area contributed by atoms with Crippen molar-refractivity contribution in [2.45, 2.75) is 6.42 Å². The number of rotatable bonds is 1. The van der Waals surface area contributed by atoms with E-state index in [1.54, 1.807) is 12.1 Å². The minimum Gasteiger partial charge on any atom is -0.454 e. The molecule has 0 aliphatic carbocycles. The number of ether oxygens (including phenoxy) is 2. The van der Waals surface area contributed by atoms with Crippen molar-refractivity contribution < 1.29 is 9.47 Å². The highest BCUT2D eigenvalue weighted by Crippen LogP contribution is 2.36. The first kappa shape index (κ1) is 10.5. The Morgan fingerprint density at radius 3 is 2.73 bits per heavy atom. The Morgan fingerprint density at radius 2 is 2.00 bits per heavy atom. The molecule has 0 atom stereocenters. The van der Waals surface area contributed by atoms with Gasteiger partial charge in [-0.1, -0.05) is 23.4 Å². The first-order valence-corrected chi connectivity index (χ1v) is 5.36. The van der Waals surface area contributed by atoms with Gasteiger partial charge in [-0.25, -0.2) is 0 Å². The van der Waals surface area contributed by atoms with Gasteiger partial charge in [-0.2, -0.15) is 0 Å². The van der Waals surface area contributed by atoms with E-state index in [9.17, 15) is 0 Å². The summed E-state index contributed by atoms with van der Waals surface area (Å²) >= 11 is 11.5. The van der Waals surface area contributed by atoms with Crippen molar-refractivity contribution in [3.63, 3.8) is 0 Å². The van der Waals surface area contributed by atoms with Crippen LogP contribution in [-0.2, 0) is 0 Å². The fourth-order valence-corrected chi connectivity index (χ4v) is 1.51. The largest absolute Gasteiger partial charge is 0.454 e. The summed E-state index contributed by atoms with van der Waals surface area (Å²) in [7, 11) is 0. The lowest BCUT2D eigenvalue weighted by Crippen LogP contribution is -1.92. The third-order valence-electron chi connectivity index (χ3n) is 1.90. The van der Waals surface area contributed by atoms with E-state index in [0.29, 0.717) is 28.8 Å². The molecule has 1 aliphatic rings. The van der Waals surface area contributed by atoms with Crippen molar-refractivity contribution in [3.8, 4) is 23.3 Å². The molecule has 0 unspecified atom stereocenters. The van der Waals surface area contributed by atoms with Crippen LogP contribution in [0.25, 0.3) is 0 Å². The normalized spacial score (nSPS) is 12.1. The summed E-state index contributed by atoms with van der Waals surface area (Å²) in [6.07, 6.45) is 0.645. The van der Waals surface area contributed by atoms with Crippen LogP contribution in [0.1, 0.15) is 12.0 Å². The van der Waals surface area contributed by atoms with E-state index < -0.39 is 0 Å². The predicted molar refractivity (Wildman–Crippen MR) is 59.8 cm³/mol. The third-order valence-corrected chi connectivity index (χ3v) is 2.41. The number of fused-ring (bicyclic) bond motifs is 1. The molecule has 0 N–H and O–H groups in total. The fourth-order valence-electron chi connectivity index (χ4n) is 1.22. The molecule has 0 bridgehead atoms.